The maximum Gasteiger partial charge on any atom is 0.410 e. The van der Waals surface area contributed by atoms with Crippen molar-refractivity contribution in [2.75, 3.05) is 26.2 Å². The number of carbonyl (C=O) groups excluding carboxylic acids is 2. The summed E-state index contributed by atoms with van der Waals surface area (Å²) in [4.78, 5) is 30.5. The molecule has 1 heterocycles. The van der Waals surface area contributed by atoms with E-state index in [9.17, 15) is 9.59 Å². The minimum atomic E-state index is -0.530. The van der Waals surface area contributed by atoms with Crippen LogP contribution in [0.1, 0.15) is 31.1 Å². The monoisotopic (exact) mass is 331 g/mol. The van der Waals surface area contributed by atoms with Crippen LogP contribution in [0.3, 0.4) is 0 Å². The van der Waals surface area contributed by atoms with Gasteiger partial charge in [-0.2, -0.15) is 0 Å². The van der Waals surface area contributed by atoms with Gasteiger partial charge in [-0.3, -0.25) is 4.79 Å². The third kappa shape index (κ3) is 4.63. The van der Waals surface area contributed by atoms with Gasteiger partial charge < -0.3 is 14.5 Å². The minimum absolute atomic E-state index is 0.105. The summed E-state index contributed by atoms with van der Waals surface area (Å²) in [7, 11) is 0. The molecule has 24 heavy (non-hydrogen) atoms. The third-order valence-electron chi connectivity index (χ3n) is 3.49. The van der Waals surface area contributed by atoms with Crippen LogP contribution in [0.25, 0.3) is 10.4 Å². The molecule has 0 unspecified atom stereocenters. The van der Waals surface area contributed by atoms with Crippen LogP contribution >= 0.6 is 0 Å². The Labute approximate surface area is 140 Å². The predicted octanol–water partition coefficient (Wildman–Crippen LogP) is 3.32. The second kappa shape index (κ2) is 7.23. The summed E-state index contributed by atoms with van der Waals surface area (Å²) in [5.74, 6) is -0.105. The van der Waals surface area contributed by atoms with Gasteiger partial charge in [0, 0.05) is 42.3 Å². The molecular formula is C16H21N5O3. The lowest BCUT2D eigenvalue weighted by atomic mass is 10.1. The molecule has 128 valence electrons. The molecule has 0 aliphatic carbocycles. The molecular weight excluding hydrogens is 310 g/mol. The van der Waals surface area contributed by atoms with Crippen molar-refractivity contribution >= 4 is 17.7 Å². The first-order chi connectivity index (χ1) is 11.3. The van der Waals surface area contributed by atoms with E-state index in [4.69, 9.17) is 10.3 Å². The van der Waals surface area contributed by atoms with Gasteiger partial charge in [-0.15, -0.1) is 0 Å². The summed E-state index contributed by atoms with van der Waals surface area (Å²) in [6.07, 6.45) is -0.353. The molecule has 0 atom stereocenters. The van der Waals surface area contributed by atoms with Gasteiger partial charge in [-0.05, 0) is 38.4 Å². The topological polar surface area (TPSA) is 98.6 Å². The molecule has 1 aromatic carbocycles. The van der Waals surface area contributed by atoms with Crippen LogP contribution in [0, 0.1) is 0 Å². The normalized spacial score (nSPS) is 14.8. The molecule has 1 aliphatic heterocycles. The lowest BCUT2D eigenvalue weighted by Gasteiger charge is -2.35. The molecule has 2 rings (SSSR count). The number of benzene rings is 1. The molecule has 8 nitrogen and oxygen atoms in total. The van der Waals surface area contributed by atoms with Crippen molar-refractivity contribution < 1.29 is 14.3 Å². The summed E-state index contributed by atoms with van der Waals surface area (Å²) in [6.45, 7) is 7.27. The highest BCUT2D eigenvalue weighted by molar-refractivity contribution is 5.94. The average Bonchev–Trinajstić information content (AvgIpc) is 2.54. The second-order valence-electron chi connectivity index (χ2n) is 6.50. The standard InChI is InChI=1S/C16H21N5O3/c1-16(2,3)24-15(23)21-10-8-20(9-11-21)14(22)12-4-6-13(7-5-12)18-19-17/h4-7H,8-11H2,1-3H3. The second-order valence-corrected chi connectivity index (χ2v) is 6.50. The van der Waals surface area contributed by atoms with Gasteiger partial charge in [0.05, 0.1) is 0 Å². The Morgan fingerprint density at radius 1 is 1.08 bits per heavy atom. The Bertz CT molecular complexity index is 651. The molecule has 0 saturated carbocycles. The molecule has 0 radical (unpaired) electrons. The summed E-state index contributed by atoms with van der Waals surface area (Å²) in [5, 5.41) is 3.48. The van der Waals surface area contributed by atoms with Crippen molar-refractivity contribution in [1.29, 1.82) is 0 Å². The number of amides is 2. The van der Waals surface area contributed by atoms with E-state index in [-0.39, 0.29) is 12.0 Å². The van der Waals surface area contributed by atoms with Gasteiger partial charge in [-0.25, -0.2) is 4.79 Å². The van der Waals surface area contributed by atoms with Crippen LogP contribution in [0.15, 0.2) is 29.4 Å². The number of carbonyl (C=O) groups is 2. The molecule has 1 aliphatic rings. The zero-order valence-corrected chi connectivity index (χ0v) is 14.1. The number of nitrogens with zero attached hydrogens (tertiary/aromatic N) is 5. The highest BCUT2D eigenvalue weighted by atomic mass is 16.6. The zero-order chi connectivity index (χ0) is 17.7. The average molecular weight is 331 g/mol. The summed E-state index contributed by atoms with van der Waals surface area (Å²) < 4.78 is 5.34. The molecule has 0 bridgehead atoms. The first-order valence-corrected chi connectivity index (χ1v) is 7.72. The fourth-order valence-corrected chi connectivity index (χ4v) is 2.32. The van der Waals surface area contributed by atoms with E-state index in [1.165, 1.54) is 0 Å². The predicted molar refractivity (Wildman–Crippen MR) is 89.0 cm³/mol. The van der Waals surface area contributed by atoms with Gasteiger partial charge in [0.2, 0.25) is 0 Å². The molecule has 0 aromatic heterocycles. The van der Waals surface area contributed by atoms with E-state index < -0.39 is 5.60 Å². The number of ether oxygens (including phenoxy) is 1. The summed E-state index contributed by atoms with van der Waals surface area (Å²) >= 11 is 0. The van der Waals surface area contributed by atoms with Gasteiger partial charge in [0.15, 0.2) is 0 Å². The molecule has 0 N–H and O–H groups in total. The van der Waals surface area contributed by atoms with Gasteiger partial charge in [-0.1, -0.05) is 17.2 Å². The fourth-order valence-electron chi connectivity index (χ4n) is 2.32. The van der Waals surface area contributed by atoms with Gasteiger partial charge in [0.1, 0.15) is 5.60 Å². The van der Waals surface area contributed by atoms with Crippen molar-refractivity contribution in [3.05, 3.63) is 40.3 Å². The quantitative estimate of drug-likeness (QED) is 0.472. The summed E-state index contributed by atoms with van der Waals surface area (Å²) in [5.41, 5.74) is 8.84. The Hall–Kier alpha value is -2.73. The molecule has 0 spiro atoms. The van der Waals surface area contributed by atoms with Crippen LogP contribution in [0.5, 0.6) is 0 Å². The number of hydrogen-bond acceptors (Lipinski definition) is 4. The van der Waals surface area contributed by atoms with Crippen LogP contribution in [0.4, 0.5) is 10.5 Å². The lowest BCUT2D eigenvalue weighted by Crippen LogP contribution is -2.51. The Morgan fingerprint density at radius 2 is 1.62 bits per heavy atom. The van der Waals surface area contributed by atoms with E-state index in [0.717, 1.165) is 0 Å². The number of rotatable bonds is 2. The number of piperazine rings is 1. The first-order valence-electron chi connectivity index (χ1n) is 7.72. The van der Waals surface area contributed by atoms with Crippen LogP contribution in [-0.4, -0.2) is 53.6 Å². The van der Waals surface area contributed by atoms with Crippen molar-refractivity contribution in [2.24, 2.45) is 5.11 Å². The molecule has 8 heteroatoms. The van der Waals surface area contributed by atoms with Gasteiger partial charge in [0.25, 0.3) is 5.91 Å². The van der Waals surface area contributed by atoms with Crippen molar-refractivity contribution in [1.82, 2.24) is 9.80 Å². The minimum Gasteiger partial charge on any atom is -0.444 e. The first kappa shape index (κ1) is 17.6. The van der Waals surface area contributed by atoms with Crippen molar-refractivity contribution in [3.63, 3.8) is 0 Å². The highest BCUT2D eigenvalue weighted by Crippen LogP contribution is 2.16. The maximum atomic E-state index is 12.5. The summed E-state index contributed by atoms with van der Waals surface area (Å²) in [6, 6.07) is 6.47. The number of azide groups is 1. The van der Waals surface area contributed by atoms with Gasteiger partial charge >= 0.3 is 6.09 Å². The highest BCUT2D eigenvalue weighted by Gasteiger charge is 2.27. The molecule has 2 amide bonds. The third-order valence-corrected chi connectivity index (χ3v) is 3.49. The molecule has 1 fully saturated rings. The smallest absolute Gasteiger partial charge is 0.410 e. The van der Waals surface area contributed by atoms with E-state index in [1.807, 2.05) is 20.8 Å². The number of hydrogen-bond donors (Lipinski definition) is 0. The molecule has 1 saturated heterocycles. The van der Waals surface area contributed by atoms with Crippen LogP contribution in [0.2, 0.25) is 0 Å². The zero-order valence-electron chi connectivity index (χ0n) is 14.1. The van der Waals surface area contributed by atoms with Crippen molar-refractivity contribution in [2.45, 2.75) is 26.4 Å². The Kier molecular flexibility index (Phi) is 5.31. The van der Waals surface area contributed by atoms with Crippen LogP contribution < -0.4 is 0 Å². The SMILES string of the molecule is CC(C)(C)OC(=O)N1CCN(C(=O)c2ccc(N=[N+]=[N-])cc2)CC1. The maximum absolute atomic E-state index is 12.5. The van der Waals surface area contributed by atoms with E-state index in [1.54, 1.807) is 34.1 Å². The van der Waals surface area contributed by atoms with E-state index in [2.05, 4.69) is 10.0 Å². The lowest BCUT2D eigenvalue weighted by molar-refractivity contribution is 0.0141. The molecule has 1 aromatic rings. The Balaban J connectivity index is 1.93. The van der Waals surface area contributed by atoms with Crippen molar-refractivity contribution in [3.8, 4) is 0 Å². The van der Waals surface area contributed by atoms with Crippen LogP contribution in [-0.2, 0) is 4.74 Å². The Morgan fingerprint density at radius 3 is 2.12 bits per heavy atom. The van der Waals surface area contributed by atoms with E-state index in [0.29, 0.717) is 37.4 Å². The van der Waals surface area contributed by atoms with E-state index >= 15 is 0 Å². The fraction of sp³-hybridized carbons (Fsp3) is 0.500. The largest absolute Gasteiger partial charge is 0.444 e.